The lowest BCUT2D eigenvalue weighted by molar-refractivity contribution is -0.137. The number of nitriles is 1. The number of ether oxygens (including phenoxy) is 1. The number of amidine groups is 1. The summed E-state index contributed by atoms with van der Waals surface area (Å²) in [6.07, 6.45) is 1.44. The van der Waals surface area contributed by atoms with Gasteiger partial charge in [0.2, 0.25) is 5.71 Å². The predicted octanol–water partition coefficient (Wildman–Crippen LogP) is 5.77. The third-order valence-electron chi connectivity index (χ3n) is 5.14. The van der Waals surface area contributed by atoms with E-state index in [2.05, 4.69) is 10.5 Å². The van der Waals surface area contributed by atoms with Crippen molar-refractivity contribution in [1.82, 2.24) is 0 Å². The van der Waals surface area contributed by atoms with E-state index in [9.17, 15) is 13.2 Å². The van der Waals surface area contributed by atoms with Gasteiger partial charge in [0.25, 0.3) is 0 Å². The van der Waals surface area contributed by atoms with E-state index >= 15 is 0 Å². The van der Waals surface area contributed by atoms with E-state index in [1.54, 1.807) is 18.2 Å². The quantitative estimate of drug-likeness (QED) is 0.308. The smallest absolute Gasteiger partial charge is 0.416 e. The van der Waals surface area contributed by atoms with Crippen molar-refractivity contribution >= 4 is 17.2 Å². The molecule has 4 N–H and O–H groups in total. The van der Waals surface area contributed by atoms with Crippen LogP contribution in [0.4, 0.5) is 18.9 Å². The van der Waals surface area contributed by atoms with Crippen molar-refractivity contribution < 1.29 is 17.9 Å². The van der Waals surface area contributed by atoms with Crippen LogP contribution in [0.2, 0.25) is 0 Å². The van der Waals surface area contributed by atoms with Gasteiger partial charge in [-0.3, -0.25) is 10.8 Å². The number of hydrogen-bond acceptors (Lipinski definition) is 5. The van der Waals surface area contributed by atoms with Gasteiger partial charge in [-0.1, -0.05) is 31.4 Å². The van der Waals surface area contributed by atoms with Gasteiger partial charge in [0.05, 0.1) is 11.3 Å². The van der Waals surface area contributed by atoms with Gasteiger partial charge in [0.1, 0.15) is 11.8 Å². The number of benzene rings is 2. The molecule has 0 bridgehead atoms. The number of anilines is 1. The van der Waals surface area contributed by atoms with Gasteiger partial charge in [-0.05, 0) is 54.7 Å². The maximum atomic E-state index is 13.1. The van der Waals surface area contributed by atoms with Crippen LogP contribution in [0.15, 0.2) is 47.6 Å². The van der Waals surface area contributed by atoms with Gasteiger partial charge in [0.15, 0.2) is 11.6 Å². The zero-order valence-corrected chi connectivity index (χ0v) is 16.7. The maximum Gasteiger partial charge on any atom is 0.416 e. The minimum Gasteiger partial charge on any atom is -0.455 e. The fourth-order valence-corrected chi connectivity index (χ4v) is 3.52. The highest BCUT2D eigenvalue weighted by atomic mass is 19.4. The Hall–Kier alpha value is -3.54. The standard InChI is InChI=1S/C22H22F3N5O/c23-22(24,25)16-8-11-20(18(12-16)29-30-19(13-26)21(27)28)31-17-9-6-15(7-10-17)14-4-2-1-3-5-14/h6-12,14,29H,1-5H2,(H3,27,28)/b30-19+. The maximum absolute atomic E-state index is 13.1. The summed E-state index contributed by atoms with van der Waals surface area (Å²) < 4.78 is 45.2. The molecule has 0 atom stereocenters. The van der Waals surface area contributed by atoms with Gasteiger partial charge >= 0.3 is 6.18 Å². The molecule has 31 heavy (non-hydrogen) atoms. The lowest BCUT2D eigenvalue weighted by atomic mass is 9.84. The lowest BCUT2D eigenvalue weighted by Gasteiger charge is -2.22. The molecule has 0 spiro atoms. The van der Waals surface area contributed by atoms with E-state index in [4.69, 9.17) is 21.1 Å². The number of nitrogens with zero attached hydrogens (tertiary/aromatic N) is 2. The zero-order chi connectivity index (χ0) is 22.4. The average molecular weight is 429 g/mol. The molecule has 0 heterocycles. The van der Waals surface area contributed by atoms with Crippen molar-refractivity contribution in [3.63, 3.8) is 0 Å². The summed E-state index contributed by atoms with van der Waals surface area (Å²) in [5.41, 5.74) is 7.33. The van der Waals surface area contributed by atoms with Gasteiger partial charge in [0, 0.05) is 0 Å². The van der Waals surface area contributed by atoms with Crippen molar-refractivity contribution in [3.8, 4) is 17.6 Å². The van der Waals surface area contributed by atoms with E-state index < -0.39 is 23.3 Å². The Labute approximate surface area is 178 Å². The van der Waals surface area contributed by atoms with Gasteiger partial charge in [-0.2, -0.15) is 23.5 Å². The summed E-state index contributed by atoms with van der Waals surface area (Å²) in [6, 6.07) is 12.0. The SMILES string of the molecule is N#C/C(=N\Nc1cc(C(F)(F)F)ccc1Oc1ccc(C2CCCCC2)cc1)C(=N)N. The van der Waals surface area contributed by atoms with Gasteiger partial charge < -0.3 is 10.5 Å². The Balaban J connectivity index is 1.85. The monoisotopic (exact) mass is 429 g/mol. The van der Waals surface area contributed by atoms with Gasteiger partial charge in [-0.15, -0.1) is 0 Å². The first-order chi connectivity index (χ1) is 14.8. The van der Waals surface area contributed by atoms with Crippen LogP contribution in [0, 0.1) is 16.7 Å². The molecule has 1 saturated carbocycles. The molecule has 3 rings (SSSR count). The van der Waals surface area contributed by atoms with Crippen LogP contribution in [0.5, 0.6) is 11.5 Å². The van der Waals surface area contributed by atoms with Crippen LogP contribution >= 0.6 is 0 Å². The molecule has 0 aromatic heterocycles. The molecule has 0 radical (unpaired) electrons. The second-order valence-corrected chi connectivity index (χ2v) is 7.31. The molecule has 2 aromatic rings. The van der Waals surface area contributed by atoms with Crippen molar-refractivity contribution in [2.75, 3.05) is 5.43 Å². The highest BCUT2D eigenvalue weighted by Crippen LogP contribution is 2.38. The molecule has 6 nitrogen and oxygen atoms in total. The van der Waals surface area contributed by atoms with Crippen molar-refractivity contribution in [2.45, 2.75) is 44.2 Å². The summed E-state index contributed by atoms with van der Waals surface area (Å²) in [4.78, 5) is 0. The first-order valence-electron chi connectivity index (χ1n) is 9.85. The van der Waals surface area contributed by atoms with E-state index in [0.29, 0.717) is 11.7 Å². The predicted molar refractivity (Wildman–Crippen MR) is 112 cm³/mol. The van der Waals surface area contributed by atoms with E-state index in [0.717, 1.165) is 25.0 Å². The fraction of sp³-hybridized carbons (Fsp3) is 0.318. The molecule has 1 aliphatic carbocycles. The number of hydrazone groups is 1. The minimum atomic E-state index is -4.57. The number of alkyl halides is 3. The largest absolute Gasteiger partial charge is 0.455 e. The van der Waals surface area contributed by atoms with Crippen LogP contribution in [-0.4, -0.2) is 11.5 Å². The number of nitrogens with one attached hydrogen (secondary N) is 2. The van der Waals surface area contributed by atoms with Crippen LogP contribution in [0.1, 0.15) is 49.1 Å². The average Bonchev–Trinajstić information content (AvgIpc) is 2.75. The van der Waals surface area contributed by atoms with E-state index in [1.807, 2.05) is 12.1 Å². The zero-order valence-electron chi connectivity index (χ0n) is 16.7. The molecular weight excluding hydrogens is 407 g/mol. The Bertz CT molecular complexity index is 1000. The summed E-state index contributed by atoms with van der Waals surface area (Å²) in [5.74, 6) is 0.459. The molecule has 0 saturated heterocycles. The molecular formula is C22H22F3N5O. The normalized spacial score (nSPS) is 15.2. The Morgan fingerprint density at radius 3 is 2.39 bits per heavy atom. The fourth-order valence-electron chi connectivity index (χ4n) is 3.52. The van der Waals surface area contributed by atoms with Crippen molar-refractivity contribution in [1.29, 1.82) is 10.7 Å². The number of hydrogen-bond donors (Lipinski definition) is 3. The van der Waals surface area contributed by atoms with Crippen molar-refractivity contribution in [3.05, 3.63) is 53.6 Å². The number of nitrogens with two attached hydrogens (primary N) is 1. The first kappa shape index (κ1) is 22.2. The molecule has 1 aliphatic rings. The topological polar surface area (TPSA) is 107 Å². The molecule has 0 amide bonds. The minimum absolute atomic E-state index is 0.0861. The third-order valence-corrected chi connectivity index (χ3v) is 5.14. The molecule has 0 aliphatic heterocycles. The molecule has 162 valence electrons. The lowest BCUT2D eigenvalue weighted by Crippen LogP contribution is -2.22. The Kier molecular flexibility index (Phi) is 6.80. The van der Waals surface area contributed by atoms with Crippen LogP contribution in [-0.2, 0) is 6.18 Å². The van der Waals surface area contributed by atoms with Gasteiger partial charge in [-0.25, -0.2) is 0 Å². The van der Waals surface area contributed by atoms with E-state index in [-0.39, 0.29) is 11.4 Å². The summed E-state index contributed by atoms with van der Waals surface area (Å²) in [5, 5.41) is 19.8. The Morgan fingerprint density at radius 1 is 1.13 bits per heavy atom. The highest BCUT2D eigenvalue weighted by Gasteiger charge is 2.31. The first-order valence-corrected chi connectivity index (χ1v) is 9.85. The second kappa shape index (κ2) is 9.51. The van der Waals surface area contributed by atoms with E-state index in [1.165, 1.54) is 30.9 Å². The highest BCUT2D eigenvalue weighted by molar-refractivity contribution is 6.45. The molecule has 0 unspecified atom stereocenters. The summed E-state index contributed by atoms with van der Waals surface area (Å²) >= 11 is 0. The Morgan fingerprint density at radius 2 is 1.81 bits per heavy atom. The number of halogens is 3. The summed E-state index contributed by atoms with van der Waals surface area (Å²) in [6.45, 7) is 0. The van der Waals surface area contributed by atoms with Crippen LogP contribution in [0.25, 0.3) is 0 Å². The molecule has 1 fully saturated rings. The number of rotatable bonds is 6. The third kappa shape index (κ3) is 5.75. The van der Waals surface area contributed by atoms with Crippen LogP contribution in [0.3, 0.4) is 0 Å². The molecule has 2 aromatic carbocycles. The van der Waals surface area contributed by atoms with Crippen molar-refractivity contribution in [2.24, 2.45) is 10.8 Å². The second-order valence-electron chi connectivity index (χ2n) is 7.31. The summed E-state index contributed by atoms with van der Waals surface area (Å²) in [7, 11) is 0. The van der Waals surface area contributed by atoms with Crippen LogP contribution < -0.4 is 15.9 Å². The molecule has 9 heteroatoms.